The van der Waals surface area contributed by atoms with Gasteiger partial charge in [-0.05, 0) is 25.2 Å². The Hall–Kier alpha value is -1.34. The van der Waals surface area contributed by atoms with Crippen LogP contribution in [0.5, 0.6) is 0 Å². The Morgan fingerprint density at radius 2 is 2.37 bits per heavy atom. The van der Waals surface area contributed by atoms with Crippen LogP contribution in [0.2, 0.25) is 0 Å². The van der Waals surface area contributed by atoms with Gasteiger partial charge in [0.15, 0.2) is 5.13 Å². The summed E-state index contributed by atoms with van der Waals surface area (Å²) in [5, 5.41) is 15.6. The summed E-state index contributed by atoms with van der Waals surface area (Å²) >= 11 is 1.29. The first-order chi connectivity index (χ1) is 9.10. The number of anilines is 2. The fourth-order valence-corrected chi connectivity index (χ4v) is 2.51. The van der Waals surface area contributed by atoms with Crippen LogP contribution in [0.25, 0.3) is 0 Å². The second-order valence-electron chi connectivity index (χ2n) is 4.98. The van der Waals surface area contributed by atoms with E-state index in [-0.39, 0.29) is 24.2 Å². The number of nitrogen functional groups attached to an aromatic ring is 1. The van der Waals surface area contributed by atoms with Crippen molar-refractivity contribution in [2.45, 2.75) is 32.2 Å². The van der Waals surface area contributed by atoms with Gasteiger partial charge in [0.1, 0.15) is 10.7 Å². The van der Waals surface area contributed by atoms with Crippen LogP contribution in [-0.2, 0) is 0 Å². The number of hydrogen-bond donors (Lipinski definition) is 4. The van der Waals surface area contributed by atoms with Crippen LogP contribution < -0.4 is 16.4 Å². The van der Waals surface area contributed by atoms with Crippen molar-refractivity contribution in [3.05, 3.63) is 4.88 Å². The molecule has 106 valence electrons. The molecule has 1 aromatic heterocycles. The molecule has 0 saturated heterocycles. The average Bonchev–Trinajstić information content (AvgIpc) is 3.09. The van der Waals surface area contributed by atoms with E-state index in [0.29, 0.717) is 29.0 Å². The molecule has 1 fully saturated rings. The standard InChI is InChI=1S/C12H20N4O2S/c1-7(4-5-17)6-14-11(18)9-10(13)16-12(19-9)15-8-2-3-8/h7-8,17H,2-6,13H2,1H3,(H,14,18)(H,15,16). The van der Waals surface area contributed by atoms with Crippen LogP contribution in [0.3, 0.4) is 0 Å². The van der Waals surface area contributed by atoms with Crippen molar-refractivity contribution in [3.8, 4) is 0 Å². The number of aliphatic hydroxyl groups excluding tert-OH is 1. The van der Waals surface area contributed by atoms with E-state index in [1.165, 1.54) is 11.3 Å². The fourth-order valence-electron chi connectivity index (χ4n) is 1.63. The Morgan fingerprint density at radius 1 is 1.63 bits per heavy atom. The van der Waals surface area contributed by atoms with Crippen LogP contribution in [0.4, 0.5) is 10.9 Å². The van der Waals surface area contributed by atoms with Gasteiger partial charge in [0.25, 0.3) is 5.91 Å². The number of carbonyl (C=O) groups excluding carboxylic acids is 1. The summed E-state index contributed by atoms with van der Waals surface area (Å²) in [6.45, 7) is 2.64. The van der Waals surface area contributed by atoms with Crippen LogP contribution >= 0.6 is 11.3 Å². The Labute approximate surface area is 116 Å². The van der Waals surface area contributed by atoms with Crippen molar-refractivity contribution >= 4 is 28.2 Å². The highest BCUT2D eigenvalue weighted by Crippen LogP contribution is 2.30. The zero-order valence-corrected chi connectivity index (χ0v) is 11.8. The number of amides is 1. The highest BCUT2D eigenvalue weighted by Gasteiger charge is 2.24. The number of aliphatic hydroxyl groups is 1. The van der Waals surface area contributed by atoms with Crippen molar-refractivity contribution in [1.29, 1.82) is 0 Å². The van der Waals surface area contributed by atoms with Gasteiger partial charge in [0.2, 0.25) is 0 Å². The molecule has 1 atom stereocenters. The van der Waals surface area contributed by atoms with Crippen molar-refractivity contribution < 1.29 is 9.90 Å². The summed E-state index contributed by atoms with van der Waals surface area (Å²) in [6, 6.07) is 0.492. The van der Waals surface area contributed by atoms with Crippen LogP contribution in [0, 0.1) is 5.92 Å². The van der Waals surface area contributed by atoms with Gasteiger partial charge in [-0.2, -0.15) is 0 Å². The van der Waals surface area contributed by atoms with E-state index in [4.69, 9.17) is 10.8 Å². The molecule has 1 aromatic rings. The third-order valence-corrected chi connectivity index (χ3v) is 4.00. The quantitative estimate of drug-likeness (QED) is 0.599. The Kier molecular flexibility index (Phi) is 4.60. The van der Waals surface area contributed by atoms with Gasteiger partial charge in [-0.25, -0.2) is 4.98 Å². The van der Waals surface area contributed by atoms with E-state index < -0.39 is 0 Å². The third-order valence-electron chi connectivity index (χ3n) is 3.00. The molecule has 19 heavy (non-hydrogen) atoms. The predicted octanol–water partition coefficient (Wildman–Crippen LogP) is 1.05. The molecule has 1 unspecified atom stereocenters. The SMILES string of the molecule is CC(CCO)CNC(=O)c1sc(NC2CC2)nc1N. The molecule has 0 aromatic carbocycles. The van der Waals surface area contributed by atoms with Gasteiger partial charge in [0, 0.05) is 19.2 Å². The van der Waals surface area contributed by atoms with Gasteiger partial charge >= 0.3 is 0 Å². The predicted molar refractivity (Wildman–Crippen MR) is 76.4 cm³/mol. The minimum absolute atomic E-state index is 0.134. The molecule has 0 radical (unpaired) electrons. The minimum atomic E-state index is -0.191. The van der Waals surface area contributed by atoms with Crippen molar-refractivity contribution in [1.82, 2.24) is 10.3 Å². The van der Waals surface area contributed by atoms with E-state index in [2.05, 4.69) is 15.6 Å². The fraction of sp³-hybridized carbons (Fsp3) is 0.667. The van der Waals surface area contributed by atoms with Crippen LogP contribution in [-0.4, -0.2) is 35.2 Å². The zero-order valence-electron chi connectivity index (χ0n) is 11.0. The number of hydrogen-bond acceptors (Lipinski definition) is 6. The Bertz CT molecular complexity index is 445. The molecule has 7 heteroatoms. The lowest BCUT2D eigenvalue weighted by Crippen LogP contribution is -2.28. The maximum atomic E-state index is 12.0. The summed E-state index contributed by atoms with van der Waals surface area (Å²) in [5.74, 6) is 0.330. The first-order valence-electron chi connectivity index (χ1n) is 6.52. The molecule has 1 aliphatic carbocycles. The first-order valence-corrected chi connectivity index (χ1v) is 7.33. The van der Waals surface area contributed by atoms with Gasteiger partial charge in [-0.15, -0.1) is 0 Å². The number of carbonyl (C=O) groups is 1. The maximum Gasteiger partial charge on any atom is 0.265 e. The molecule has 6 nitrogen and oxygen atoms in total. The Morgan fingerprint density at radius 3 is 3.00 bits per heavy atom. The molecule has 1 heterocycles. The lowest BCUT2D eigenvalue weighted by atomic mass is 10.1. The number of aromatic nitrogens is 1. The largest absolute Gasteiger partial charge is 0.396 e. The van der Waals surface area contributed by atoms with E-state index in [0.717, 1.165) is 12.8 Å². The van der Waals surface area contributed by atoms with Gasteiger partial charge < -0.3 is 21.5 Å². The summed E-state index contributed by atoms with van der Waals surface area (Å²) in [7, 11) is 0. The minimum Gasteiger partial charge on any atom is -0.396 e. The summed E-state index contributed by atoms with van der Waals surface area (Å²) in [6.07, 6.45) is 2.98. The van der Waals surface area contributed by atoms with Crippen LogP contribution in [0.15, 0.2) is 0 Å². The van der Waals surface area contributed by atoms with Gasteiger partial charge in [-0.3, -0.25) is 4.79 Å². The third kappa shape index (κ3) is 4.07. The summed E-state index contributed by atoms with van der Waals surface area (Å²) in [4.78, 5) is 16.6. The normalized spacial score (nSPS) is 16.1. The molecule has 1 amide bonds. The molecule has 0 bridgehead atoms. The number of thiazole rings is 1. The van der Waals surface area contributed by atoms with Crippen LogP contribution in [0.1, 0.15) is 35.9 Å². The van der Waals surface area contributed by atoms with Gasteiger partial charge in [0.05, 0.1) is 0 Å². The molecular weight excluding hydrogens is 264 g/mol. The summed E-state index contributed by atoms with van der Waals surface area (Å²) in [5.41, 5.74) is 5.76. The zero-order chi connectivity index (χ0) is 13.8. The Balaban J connectivity index is 1.88. The molecule has 1 aliphatic rings. The number of nitrogens with zero attached hydrogens (tertiary/aromatic N) is 1. The maximum absolute atomic E-state index is 12.0. The number of nitrogens with one attached hydrogen (secondary N) is 2. The average molecular weight is 284 g/mol. The monoisotopic (exact) mass is 284 g/mol. The molecule has 2 rings (SSSR count). The lowest BCUT2D eigenvalue weighted by Gasteiger charge is -2.10. The van der Waals surface area contributed by atoms with E-state index in [1.807, 2.05) is 6.92 Å². The highest BCUT2D eigenvalue weighted by molar-refractivity contribution is 7.18. The first kappa shape index (κ1) is 14.1. The lowest BCUT2D eigenvalue weighted by molar-refractivity contribution is 0.0950. The second kappa shape index (κ2) is 6.21. The number of nitrogens with two attached hydrogens (primary N) is 1. The van der Waals surface area contributed by atoms with Crippen molar-refractivity contribution in [2.75, 3.05) is 24.2 Å². The molecule has 5 N–H and O–H groups in total. The smallest absolute Gasteiger partial charge is 0.265 e. The van der Waals surface area contributed by atoms with Crippen molar-refractivity contribution in [2.24, 2.45) is 5.92 Å². The van der Waals surface area contributed by atoms with E-state index in [1.54, 1.807) is 0 Å². The van der Waals surface area contributed by atoms with Crippen molar-refractivity contribution in [3.63, 3.8) is 0 Å². The molecule has 0 aliphatic heterocycles. The summed E-state index contributed by atoms with van der Waals surface area (Å²) < 4.78 is 0. The molecule has 0 spiro atoms. The topological polar surface area (TPSA) is 100 Å². The molecule has 1 saturated carbocycles. The highest BCUT2D eigenvalue weighted by atomic mass is 32.1. The molecular formula is C12H20N4O2S. The number of rotatable bonds is 7. The van der Waals surface area contributed by atoms with E-state index >= 15 is 0 Å². The van der Waals surface area contributed by atoms with Gasteiger partial charge in [-0.1, -0.05) is 18.3 Å². The second-order valence-corrected chi connectivity index (χ2v) is 5.98. The van der Waals surface area contributed by atoms with E-state index in [9.17, 15) is 4.79 Å².